The van der Waals surface area contributed by atoms with E-state index in [0.717, 1.165) is 0 Å². The summed E-state index contributed by atoms with van der Waals surface area (Å²) < 4.78 is 4.72. The Labute approximate surface area is 127 Å². The lowest BCUT2D eigenvalue weighted by molar-refractivity contribution is 0.0599. The van der Waals surface area contributed by atoms with Crippen LogP contribution in [0.4, 0.5) is 5.69 Å². The number of hydrogen-bond donors (Lipinski definition) is 2. The van der Waals surface area contributed by atoms with Gasteiger partial charge < -0.3 is 15.0 Å². The zero-order valence-electron chi connectivity index (χ0n) is 11.9. The highest BCUT2D eigenvalue weighted by Crippen LogP contribution is 2.23. The van der Waals surface area contributed by atoms with Crippen LogP contribution in [0.1, 0.15) is 32.1 Å². The molecule has 110 valence electrons. The Bertz CT molecular complexity index is 707. The zero-order valence-corrected chi connectivity index (χ0v) is 12.7. The van der Waals surface area contributed by atoms with Crippen molar-refractivity contribution in [2.45, 2.75) is 13.8 Å². The van der Waals surface area contributed by atoms with Gasteiger partial charge in [0.1, 0.15) is 5.69 Å². The van der Waals surface area contributed by atoms with Crippen LogP contribution < -0.4 is 5.32 Å². The van der Waals surface area contributed by atoms with Gasteiger partial charge in [0.15, 0.2) is 0 Å². The maximum absolute atomic E-state index is 12.3. The predicted molar refractivity (Wildman–Crippen MR) is 81.0 cm³/mol. The van der Waals surface area contributed by atoms with Crippen LogP contribution in [0.5, 0.6) is 0 Å². The monoisotopic (exact) mass is 306 g/mol. The third-order valence-electron chi connectivity index (χ3n) is 3.18. The van der Waals surface area contributed by atoms with Crippen LogP contribution in [-0.4, -0.2) is 24.0 Å². The SMILES string of the molecule is COC(=O)c1c(C)[nH]c(C(=O)Nc2ccccc2Cl)c1C. The highest BCUT2D eigenvalue weighted by Gasteiger charge is 2.22. The van der Waals surface area contributed by atoms with Gasteiger partial charge in [-0.2, -0.15) is 0 Å². The maximum atomic E-state index is 12.3. The fourth-order valence-corrected chi connectivity index (χ4v) is 2.32. The Kier molecular flexibility index (Phi) is 4.33. The summed E-state index contributed by atoms with van der Waals surface area (Å²) in [6, 6.07) is 6.93. The smallest absolute Gasteiger partial charge is 0.339 e. The van der Waals surface area contributed by atoms with Crippen LogP contribution in [0, 0.1) is 13.8 Å². The normalized spacial score (nSPS) is 10.3. The Hall–Kier alpha value is -2.27. The molecule has 0 saturated heterocycles. The van der Waals surface area contributed by atoms with E-state index in [1.165, 1.54) is 7.11 Å². The summed E-state index contributed by atoms with van der Waals surface area (Å²) >= 11 is 6.01. The molecule has 0 unspecified atom stereocenters. The van der Waals surface area contributed by atoms with E-state index in [0.29, 0.717) is 33.2 Å². The summed E-state index contributed by atoms with van der Waals surface area (Å²) in [5, 5.41) is 3.15. The molecule has 0 radical (unpaired) electrons. The van der Waals surface area contributed by atoms with E-state index in [1.54, 1.807) is 38.1 Å². The minimum atomic E-state index is -0.474. The summed E-state index contributed by atoms with van der Waals surface area (Å²) in [5.41, 5.74) is 2.33. The van der Waals surface area contributed by atoms with Crippen LogP contribution in [0.3, 0.4) is 0 Å². The van der Waals surface area contributed by atoms with Gasteiger partial charge in [-0.05, 0) is 31.5 Å². The molecular formula is C15H15ClN2O3. The largest absolute Gasteiger partial charge is 0.465 e. The fourth-order valence-electron chi connectivity index (χ4n) is 2.13. The number of rotatable bonds is 3. The number of para-hydroxylation sites is 1. The summed E-state index contributed by atoms with van der Waals surface area (Å²) in [4.78, 5) is 26.9. The molecule has 5 nitrogen and oxygen atoms in total. The van der Waals surface area contributed by atoms with Gasteiger partial charge >= 0.3 is 5.97 Å². The molecule has 1 amide bonds. The minimum Gasteiger partial charge on any atom is -0.465 e. The van der Waals surface area contributed by atoms with Gasteiger partial charge in [-0.1, -0.05) is 23.7 Å². The molecule has 0 saturated carbocycles. The van der Waals surface area contributed by atoms with Crippen molar-refractivity contribution in [3.63, 3.8) is 0 Å². The number of nitrogens with one attached hydrogen (secondary N) is 2. The van der Waals surface area contributed by atoms with Crippen LogP contribution in [0.25, 0.3) is 0 Å². The van der Waals surface area contributed by atoms with E-state index in [2.05, 4.69) is 10.3 Å². The zero-order chi connectivity index (χ0) is 15.6. The maximum Gasteiger partial charge on any atom is 0.339 e. The Morgan fingerprint density at radius 3 is 2.52 bits per heavy atom. The number of halogens is 1. The third-order valence-corrected chi connectivity index (χ3v) is 3.51. The lowest BCUT2D eigenvalue weighted by Gasteiger charge is -2.06. The molecular weight excluding hydrogens is 292 g/mol. The molecule has 0 atom stereocenters. The van der Waals surface area contributed by atoms with Crippen LogP contribution >= 0.6 is 11.6 Å². The number of carbonyl (C=O) groups is 2. The first-order chi connectivity index (χ1) is 9.95. The molecule has 2 N–H and O–H groups in total. The van der Waals surface area contributed by atoms with E-state index in [1.807, 2.05) is 0 Å². The number of aromatic amines is 1. The lowest BCUT2D eigenvalue weighted by Crippen LogP contribution is -2.14. The summed E-state index contributed by atoms with van der Waals surface area (Å²) in [6.07, 6.45) is 0. The van der Waals surface area contributed by atoms with Gasteiger partial charge in [0.25, 0.3) is 5.91 Å². The number of H-pyrrole nitrogens is 1. The minimum absolute atomic E-state index is 0.313. The summed E-state index contributed by atoms with van der Waals surface area (Å²) in [5.74, 6) is -0.836. The summed E-state index contributed by atoms with van der Waals surface area (Å²) in [7, 11) is 1.30. The van der Waals surface area contributed by atoms with Crippen LogP contribution in [0.2, 0.25) is 5.02 Å². The first-order valence-corrected chi connectivity index (χ1v) is 6.66. The molecule has 6 heteroatoms. The second-order valence-electron chi connectivity index (χ2n) is 4.55. The fraction of sp³-hybridized carbons (Fsp3) is 0.200. The number of hydrogen-bond acceptors (Lipinski definition) is 3. The molecule has 0 aliphatic carbocycles. The number of aryl methyl sites for hydroxylation is 1. The van der Waals surface area contributed by atoms with Crippen LogP contribution in [-0.2, 0) is 4.74 Å². The van der Waals surface area contributed by atoms with Crippen molar-refractivity contribution in [3.05, 3.63) is 51.8 Å². The Balaban J connectivity index is 2.33. The quantitative estimate of drug-likeness (QED) is 0.854. The van der Waals surface area contributed by atoms with Crippen molar-refractivity contribution in [2.24, 2.45) is 0 Å². The first-order valence-electron chi connectivity index (χ1n) is 6.29. The van der Waals surface area contributed by atoms with Crippen molar-refractivity contribution in [1.82, 2.24) is 4.98 Å². The molecule has 0 spiro atoms. The van der Waals surface area contributed by atoms with Crippen molar-refractivity contribution in [3.8, 4) is 0 Å². The van der Waals surface area contributed by atoms with Gasteiger partial charge in [0.2, 0.25) is 0 Å². The molecule has 0 aliphatic rings. The van der Waals surface area contributed by atoms with Crippen molar-refractivity contribution < 1.29 is 14.3 Å². The predicted octanol–water partition coefficient (Wildman–Crippen LogP) is 3.32. The van der Waals surface area contributed by atoms with E-state index in [4.69, 9.17) is 16.3 Å². The van der Waals surface area contributed by atoms with E-state index in [9.17, 15) is 9.59 Å². The molecule has 1 aromatic carbocycles. The average Bonchev–Trinajstić information content (AvgIpc) is 2.76. The second kappa shape index (κ2) is 6.01. The first kappa shape index (κ1) is 15.1. The molecule has 1 aromatic heterocycles. The average molecular weight is 307 g/mol. The Morgan fingerprint density at radius 2 is 1.90 bits per heavy atom. The van der Waals surface area contributed by atoms with Gasteiger partial charge in [-0.15, -0.1) is 0 Å². The molecule has 1 heterocycles. The highest BCUT2D eigenvalue weighted by molar-refractivity contribution is 6.33. The lowest BCUT2D eigenvalue weighted by atomic mass is 10.1. The van der Waals surface area contributed by atoms with Gasteiger partial charge in [-0.3, -0.25) is 4.79 Å². The van der Waals surface area contributed by atoms with Gasteiger partial charge in [0.05, 0.1) is 23.4 Å². The van der Waals surface area contributed by atoms with Crippen molar-refractivity contribution in [2.75, 3.05) is 12.4 Å². The number of ether oxygens (including phenoxy) is 1. The topological polar surface area (TPSA) is 71.2 Å². The number of methoxy groups -OCH3 is 1. The molecule has 2 aromatic rings. The number of anilines is 1. The van der Waals surface area contributed by atoms with E-state index >= 15 is 0 Å². The number of amides is 1. The Morgan fingerprint density at radius 1 is 1.24 bits per heavy atom. The number of benzene rings is 1. The molecule has 21 heavy (non-hydrogen) atoms. The third kappa shape index (κ3) is 2.92. The standard InChI is InChI=1S/C15H15ClN2O3/c1-8-12(15(20)21-3)9(2)17-13(8)14(19)18-11-7-5-4-6-10(11)16/h4-7,17H,1-3H3,(H,18,19). The van der Waals surface area contributed by atoms with Crippen LogP contribution in [0.15, 0.2) is 24.3 Å². The molecule has 0 bridgehead atoms. The number of carbonyl (C=O) groups excluding carboxylic acids is 2. The van der Waals surface area contributed by atoms with Crippen molar-refractivity contribution >= 4 is 29.2 Å². The highest BCUT2D eigenvalue weighted by atomic mass is 35.5. The molecule has 2 rings (SSSR count). The molecule has 0 aliphatic heterocycles. The second-order valence-corrected chi connectivity index (χ2v) is 4.96. The van der Waals surface area contributed by atoms with Gasteiger partial charge in [0, 0.05) is 5.69 Å². The van der Waals surface area contributed by atoms with E-state index in [-0.39, 0.29) is 5.91 Å². The van der Waals surface area contributed by atoms with E-state index < -0.39 is 5.97 Å². The summed E-state index contributed by atoms with van der Waals surface area (Å²) in [6.45, 7) is 3.41. The number of esters is 1. The molecule has 0 fully saturated rings. The van der Waals surface area contributed by atoms with Crippen molar-refractivity contribution in [1.29, 1.82) is 0 Å². The van der Waals surface area contributed by atoms with Gasteiger partial charge in [-0.25, -0.2) is 4.79 Å². The number of aromatic nitrogens is 1.